The number of hydrogen-bond donors (Lipinski definition) is 2. The molecule has 2 aliphatic rings. The van der Waals surface area contributed by atoms with Gasteiger partial charge in [0.1, 0.15) is 11.5 Å². The SMILES string of the molecule is Cc1ccc(C(=O)NC2CC2)cc1Nc1ccn2c(n1)c(C1CC1)c(=O)n2-c1c(Cl)cccc1Cl. The van der Waals surface area contributed by atoms with E-state index in [2.05, 4.69) is 10.6 Å². The van der Waals surface area contributed by atoms with Gasteiger partial charge in [0.2, 0.25) is 0 Å². The number of aromatic nitrogens is 3. The largest absolute Gasteiger partial charge is 0.349 e. The van der Waals surface area contributed by atoms with Crippen LogP contribution in [0.4, 0.5) is 11.5 Å². The first-order chi connectivity index (χ1) is 16.9. The number of nitrogens with zero attached hydrogens (tertiary/aromatic N) is 3. The van der Waals surface area contributed by atoms with Crippen molar-refractivity contribution in [3.05, 3.63) is 85.8 Å². The van der Waals surface area contributed by atoms with Crippen molar-refractivity contribution in [1.82, 2.24) is 19.5 Å². The van der Waals surface area contributed by atoms with Gasteiger partial charge in [0.25, 0.3) is 11.5 Å². The van der Waals surface area contributed by atoms with Gasteiger partial charge in [-0.1, -0.05) is 35.3 Å². The third-order valence-corrected chi connectivity index (χ3v) is 7.12. The summed E-state index contributed by atoms with van der Waals surface area (Å²) in [6.07, 6.45) is 5.75. The monoisotopic (exact) mass is 507 g/mol. The van der Waals surface area contributed by atoms with E-state index >= 15 is 0 Å². The summed E-state index contributed by atoms with van der Waals surface area (Å²) in [7, 11) is 0. The molecule has 2 heterocycles. The maximum atomic E-state index is 13.5. The Morgan fingerprint density at radius 3 is 2.49 bits per heavy atom. The number of rotatable bonds is 6. The Hall–Kier alpha value is -3.29. The molecular formula is C26H23Cl2N5O2. The Bertz CT molecular complexity index is 1530. The van der Waals surface area contributed by atoms with Crippen LogP contribution in [-0.4, -0.2) is 26.1 Å². The minimum Gasteiger partial charge on any atom is -0.349 e. The van der Waals surface area contributed by atoms with Crippen molar-refractivity contribution in [2.75, 3.05) is 5.32 Å². The van der Waals surface area contributed by atoms with Crippen molar-refractivity contribution in [1.29, 1.82) is 0 Å². The molecule has 1 amide bonds. The second-order valence-corrected chi connectivity index (χ2v) is 10.1. The summed E-state index contributed by atoms with van der Waals surface area (Å²) in [6.45, 7) is 1.97. The lowest BCUT2D eigenvalue weighted by Gasteiger charge is -2.13. The van der Waals surface area contributed by atoms with Gasteiger partial charge in [-0.2, -0.15) is 0 Å². The van der Waals surface area contributed by atoms with Crippen LogP contribution in [0.1, 0.15) is 53.1 Å². The van der Waals surface area contributed by atoms with Crippen molar-refractivity contribution in [2.24, 2.45) is 0 Å². The summed E-state index contributed by atoms with van der Waals surface area (Å²) in [5.41, 5.74) is 3.87. The van der Waals surface area contributed by atoms with Crippen LogP contribution in [0.2, 0.25) is 10.0 Å². The van der Waals surface area contributed by atoms with E-state index in [-0.39, 0.29) is 17.4 Å². The van der Waals surface area contributed by atoms with E-state index in [0.717, 1.165) is 36.9 Å². The molecular weight excluding hydrogens is 485 g/mol. The first-order valence-electron chi connectivity index (χ1n) is 11.7. The minimum absolute atomic E-state index is 0.0739. The normalized spacial score (nSPS) is 15.4. The van der Waals surface area contributed by atoms with Crippen molar-refractivity contribution in [3.63, 3.8) is 0 Å². The third kappa shape index (κ3) is 4.09. The first kappa shape index (κ1) is 22.2. The summed E-state index contributed by atoms with van der Waals surface area (Å²) in [5, 5.41) is 7.14. The Morgan fingerprint density at radius 1 is 1.06 bits per heavy atom. The molecule has 2 aliphatic carbocycles. The Labute approximate surface area is 211 Å². The van der Waals surface area contributed by atoms with Crippen LogP contribution in [0.25, 0.3) is 11.3 Å². The van der Waals surface area contributed by atoms with Crippen LogP contribution in [0.5, 0.6) is 0 Å². The molecule has 9 heteroatoms. The Morgan fingerprint density at radius 2 is 1.80 bits per heavy atom. The van der Waals surface area contributed by atoms with Crippen LogP contribution >= 0.6 is 23.2 Å². The summed E-state index contributed by atoms with van der Waals surface area (Å²) < 4.78 is 3.21. The average Bonchev–Trinajstić information content (AvgIpc) is 3.76. The van der Waals surface area contributed by atoms with Crippen molar-refractivity contribution >= 4 is 46.3 Å². The van der Waals surface area contributed by atoms with E-state index < -0.39 is 0 Å². The lowest BCUT2D eigenvalue weighted by Crippen LogP contribution is -2.25. The second-order valence-electron chi connectivity index (χ2n) is 9.26. The Kier molecular flexibility index (Phi) is 5.34. The van der Waals surface area contributed by atoms with Gasteiger partial charge in [0.15, 0.2) is 5.65 Å². The molecule has 35 heavy (non-hydrogen) atoms. The summed E-state index contributed by atoms with van der Waals surface area (Å²) in [5.74, 6) is 0.673. The van der Waals surface area contributed by atoms with E-state index in [9.17, 15) is 9.59 Å². The fourth-order valence-corrected chi connectivity index (χ4v) is 4.86. The van der Waals surface area contributed by atoms with Crippen LogP contribution < -0.4 is 16.2 Å². The number of carbonyl (C=O) groups excluding carboxylic acids is 1. The molecule has 2 fully saturated rings. The number of aryl methyl sites for hydroxylation is 1. The highest BCUT2D eigenvalue weighted by molar-refractivity contribution is 6.37. The first-order valence-corrected chi connectivity index (χ1v) is 12.4. The van der Waals surface area contributed by atoms with Gasteiger partial charge in [-0.15, -0.1) is 0 Å². The molecule has 2 N–H and O–H groups in total. The van der Waals surface area contributed by atoms with E-state index in [1.807, 2.05) is 25.1 Å². The zero-order chi connectivity index (χ0) is 24.3. The third-order valence-electron chi connectivity index (χ3n) is 6.51. The van der Waals surface area contributed by atoms with Crippen molar-refractivity contribution in [3.8, 4) is 5.69 Å². The highest BCUT2D eigenvalue weighted by Gasteiger charge is 2.33. The average molecular weight is 508 g/mol. The van der Waals surface area contributed by atoms with E-state index in [4.69, 9.17) is 28.2 Å². The number of amides is 1. The molecule has 0 unspecified atom stereocenters. The van der Waals surface area contributed by atoms with Crippen LogP contribution in [0.15, 0.2) is 53.5 Å². The van der Waals surface area contributed by atoms with Gasteiger partial charge >= 0.3 is 0 Å². The summed E-state index contributed by atoms with van der Waals surface area (Å²) >= 11 is 12.9. The molecule has 178 valence electrons. The molecule has 0 radical (unpaired) electrons. The maximum Gasteiger partial charge on any atom is 0.277 e. The van der Waals surface area contributed by atoms with Crippen LogP contribution in [0.3, 0.4) is 0 Å². The molecule has 0 bridgehead atoms. The number of hydrogen-bond acceptors (Lipinski definition) is 4. The zero-order valence-electron chi connectivity index (χ0n) is 19.0. The molecule has 2 aromatic heterocycles. The number of halogens is 2. The fourth-order valence-electron chi connectivity index (χ4n) is 4.30. The number of nitrogens with one attached hydrogen (secondary N) is 2. The zero-order valence-corrected chi connectivity index (χ0v) is 20.5. The molecule has 7 nitrogen and oxygen atoms in total. The van der Waals surface area contributed by atoms with Gasteiger partial charge < -0.3 is 10.6 Å². The summed E-state index contributed by atoms with van der Waals surface area (Å²) in [4.78, 5) is 30.9. The smallest absolute Gasteiger partial charge is 0.277 e. The Balaban J connectivity index is 1.42. The standard InChI is InChI=1S/C26H23Cl2N5O2/c1-14-5-6-16(25(34)29-17-9-10-17)13-20(14)30-21-11-12-32-24(31-21)22(15-7-8-15)26(35)33(32)23-18(27)3-2-4-19(23)28/h2-6,11-13,15,17H,7-10H2,1H3,(H,29,34)(H,30,31). The molecule has 2 saturated carbocycles. The lowest BCUT2D eigenvalue weighted by molar-refractivity contribution is 0.0951. The highest BCUT2D eigenvalue weighted by Crippen LogP contribution is 2.41. The van der Waals surface area contributed by atoms with Crippen LogP contribution in [-0.2, 0) is 0 Å². The number of carbonyl (C=O) groups is 1. The van der Waals surface area contributed by atoms with Gasteiger partial charge in [-0.05, 0) is 74.4 Å². The highest BCUT2D eigenvalue weighted by atomic mass is 35.5. The van der Waals surface area contributed by atoms with Gasteiger partial charge in [0, 0.05) is 23.5 Å². The predicted molar refractivity (Wildman–Crippen MR) is 138 cm³/mol. The van der Waals surface area contributed by atoms with Crippen LogP contribution in [0, 0.1) is 6.92 Å². The number of fused-ring (bicyclic) bond motifs is 1. The molecule has 6 rings (SSSR count). The molecule has 0 atom stereocenters. The fraction of sp³-hybridized carbons (Fsp3) is 0.269. The topological polar surface area (TPSA) is 80.4 Å². The van der Waals surface area contributed by atoms with E-state index in [1.165, 1.54) is 4.68 Å². The molecule has 0 aliphatic heterocycles. The quantitative estimate of drug-likeness (QED) is 0.355. The van der Waals surface area contributed by atoms with Crippen molar-refractivity contribution < 1.29 is 4.79 Å². The number of benzene rings is 2. The molecule has 2 aromatic carbocycles. The van der Waals surface area contributed by atoms with Gasteiger partial charge in [-0.25, -0.2) is 14.2 Å². The van der Waals surface area contributed by atoms with Gasteiger partial charge in [0.05, 0.1) is 15.6 Å². The minimum atomic E-state index is -0.165. The van der Waals surface area contributed by atoms with E-state index in [1.54, 1.807) is 35.0 Å². The molecule has 0 spiro atoms. The van der Waals surface area contributed by atoms with E-state index in [0.29, 0.717) is 44.4 Å². The van der Waals surface area contributed by atoms with Gasteiger partial charge in [-0.3, -0.25) is 9.59 Å². The number of anilines is 2. The lowest BCUT2D eigenvalue weighted by atomic mass is 10.1. The summed E-state index contributed by atoms with van der Waals surface area (Å²) in [6, 6.07) is 12.8. The number of para-hydroxylation sites is 1. The maximum absolute atomic E-state index is 13.5. The molecule has 0 saturated heterocycles. The second kappa shape index (κ2) is 8.43. The predicted octanol–water partition coefficient (Wildman–Crippen LogP) is 5.61. The molecule has 4 aromatic rings. The van der Waals surface area contributed by atoms with Crippen molar-refractivity contribution in [2.45, 2.75) is 44.6 Å².